The summed E-state index contributed by atoms with van der Waals surface area (Å²) in [6.45, 7) is 8.03. The number of fused-ring (bicyclic) bond motifs is 2. The molecule has 1 unspecified atom stereocenters. The Morgan fingerprint density at radius 3 is 1.98 bits per heavy atom. The van der Waals surface area contributed by atoms with Crippen molar-refractivity contribution in [2.45, 2.75) is 19.4 Å². The Morgan fingerprint density at radius 2 is 1.27 bits per heavy atom. The minimum atomic E-state index is 0. The molecule has 2 aliphatic rings. The SMILES string of the molecule is C=CCc1ccc(-c2cc[c-]c(N3[N-]C(C)c4ccccc43)c2)cc1.CN1[CH-]N(c2[c-]ccc(-c3ccccc3)c2)c2ccccc21.[Ir]. The zero-order chi connectivity index (χ0) is 32.2. The summed E-state index contributed by atoms with van der Waals surface area (Å²) in [6.07, 6.45) is 2.83. The molecule has 241 valence electrons. The first-order valence-electron chi connectivity index (χ1n) is 15.9. The molecule has 8 rings (SSSR count). The fourth-order valence-corrected chi connectivity index (χ4v) is 6.14. The number of hydrogen-bond acceptors (Lipinski definition) is 3. The Balaban J connectivity index is 0.000000165. The topological polar surface area (TPSA) is 23.8 Å². The molecule has 0 saturated heterocycles. The quantitative estimate of drug-likeness (QED) is 0.124. The molecule has 0 amide bonds. The van der Waals surface area contributed by atoms with E-state index in [0.29, 0.717) is 0 Å². The second-order valence-corrected chi connectivity index (χ2v) is 11.7. The van der Waals surface area contributed by atoms with Crippen LogP contribution in [-0.4, -0.2) is 7.05 Å². The number of rotatable bonds is 6. The molecular weight excluding hydrogens is 765 g/mol. The van der Waals surface area contributed by atoms with E-state index >= 15 is 0 Å². The molecule has 0 saturated carbocycles. The third-order valence-electron chi connectivity index (χ3n) is 8.55. The third-order valence-corrected chi connectivity index (χ3v) is 8.55. The summed E-state index contributed by atoms with van der Waals surface area (Å²) in [7, 11) is 2.07. The summed E-state index contributed by atoms with van der Waals surface area (Å²) in [5, 5.41) is 2.01. The van der Waals surface area contributed by atoms with Gasteiger partial charge in [-0.1, -0.05) is 110 Å². The number of benzene rings is 6. The van der Waals surface area contributed by atoms with Gasteiger partial charge in [-0.2, -0.15) is 43.1 Å². The predicted molar refractivity (Wildman–Crippen MR) is 197 cm³/mol. The monoisotopic (exact) mass is 801 g/mol. The van der Waals surface area contributed by atoms with Gasteiger partial charge < -0.3 is 20.2 Å². The minimum Gasteiger partial charge on any atom is -0.558 e. The normalized spacial score (nSPS) is 14.4. The van der Waals surface area contributed by atoms with Crippen molar-refractivity contribution in [1.82, 2.24) is 0 Å². The van der Waals surface area contributed by atoms with Gasteiger partial charge in [-0.3, -0.25) is 0 Å². The van der Waals surface area contributed by atoms with Gasteiger partial charge in [0.25, 0.3) is 0 Å². The second kappa shape index (κ2) is 14.9. The summed E-state index contributed by atoms with van der Waals surface area (Å²) in [5.41, 5.74) is 17.7. The van der Waals surface area contributed by atoms with Crippen LogP contribution in [0.15, 0.2) is 152 Å². The average Bonchev–Trinajstić information content (AvgIpc) is 3.66. The zero-order valence-corrected chi connectivity index (χ0v) is 29.4. The van der Waals surface area contributed by atoms with Gasteiger partial charge in [0.05, 0.1) is 0 Å². The van der Waals surface area contributed by atoms with Crippen molar-refractivity contribution < 1.29 is 20.1 Å². The summed E-state index contributed by atoms with van der Waals surface area (Å²) >= 11 is 0. The van der Waals surface area contributed by atoms with Gasteiger partial charge in [-0.15, -0.1) is 35.5 Å². The zero-order valence-electron chi connectivity index (χ0n) is 27.0. The van der Waals surface area contributed by atoms with Crippen molar-refractivity contribution in [2.24, 2.45) is 0 Å². The van der Waals surface area contributed by atoms with Crippen LogP contribution in [0.3, 0.4) is 0 Å². The number of allylic oxidation sites excluding steroid dienone is 1. The van der Waals surface area contributed by atoms with Crippen LogP contribution < -0.4 is 14.8 Å². The Kier molecular flexibility index (Phi) is 10.2. The first kappa shape index (κ1) is 33.0. The van der Waals surface area contributed by atoms with Crippen LogP contribution in [0.5, 0.6) is 0 Å². The molecule has 6 aromatic rings. The van der Waals surface area contributed by atoms with Crippen LogP contribution in [0, 0.1) is 18.8 Å². The number of para-hydroxylation sites is 3. The Labute approximate surface area is 298 Å². The van der Waals surface area contributed by atoms with Crippen LogP contribution in [-0.2, 0) is 26.5 Å². The van der Waals surface area contributed by atoms with Crippen LogP contribution in [0.1, 0.15) is 24.1 Å². The van der Waals surface area contributed by atoms with E-state index in [9.17, 15) is 0 Å². The van der Waals surface area contributed by atoms with Crippen LogP contribution in [0.25, 0.3) is 27.7 Å². The molecule has 0 bridgehead atoms. The Morgan fingerprint density at radius 1 is 0.688 bits per heavy atom. The van der Waals surface area contributed by atoms with Crippen molar-refractivity contribution in [3.63, 3.8) is 0 Å². The molecular formula is C43H36IrN4-4. The van der Waals surface area contributed by atoms with Gasteiger partial charge in [0.15, 0.2) is 0 Å². The summed E-state index contributed by atoms with van der Waals surface area (Å²) in [6, 6.07) is 55.2. The van der Waals surface area contributed by atoms with E-state index in [-0.39, 0.29) is 26.1 Å². The molecule has 6 aromatic carbocycles. The summed E-state index contributed by atoms with van der Waals surface area (Å²) in [5.74, 6) is 0. The molecule has 1 radical (unpaired) electrons. The third kappa shape index (κ3) is 6.86. The molecule has 4 nitrogen and oxygen atoms in total. The van der Waals surface area contributed by atoms with Gasteiger partial charge in [-0.05, 0) is 53.9 Å². The fraction of sp³-hybridized carbons (Fsp3) is 0.0930. The van der Waals surface area contributed by atoms with Crippen LogP contribution >= 0.6 is 0 Å². The molecule has 0 spiro atoms. The van der Waals surface area contributed by atoms with Gasteiger partial charge >= 0.3 is 0 Å². The minimum absolute atomic E-state index is 0. The van der Waals surface area contributed by atoms with E-state index in [1.54, 1.807) is 0 Å². The maximum atomic E-state index is 4.79. The fourth-order valence-electron chi connectivity index (χ4n) is 6.14. The van der Waals surface area contributed by atoms with Gasteiger partial charge in [-0.25, -0.2) is 0 Å². The molecule has 2 aliphatic heterocycles. The maximum absolute atomic E-state index is 4.79. The van der Waals surface area contributed by atoms with Crippen molar-refractivity contribution in [3.05, 3.63) is 188 Å². The van der Waals surface area contributed by atoms with E-state index < -0.39 is 0 Å². The standard InChI is InChI=1S/C23H20N2.C20H16N2.Ir/c1-3-7-18-12-14-19(15-13-18)20-8-6-9-21(16-20)25-23-11-5-4-10-22(23)17(2)24-25;1-21-15-22(20-13-6-5-12-19(20)21)18-11-7-10-17(14-18)16-8-3-2-4-9-16;/h3-6,8,10-17H,1,7H2,2H3;2-10,12-15H,1H3;/q2*-2;. The largest absolute Gasteiger partial charge is 0.558 e. The Bertz CT molecular complexity index is 1990. The van der Waals surface area contributed by atoms with E-state index in [1.165, 1.54) is 44.8 Å². The van der Waals surface area contributed by atoms with Gasteiger partial charge in [0.2, 0.25) is 0 Å². The second-order valence-electron chi connectivity index (χ2n) is 11.7. The van der Waals surface area contributed by atoms with E-state index in [4.69, 9.17) is 5.43 Å². The van der Waals surface area contributed by atoms with E-state index in [1.807, 2.05) is 29.3 Å². The number of nitrogens with zero attached hydrogens (tertiary/aromatic N) is 4. The maximum Gasteiger partial charge on any atom is 0.0326 e. The van der Waals surface area contributed by atoms with Crippen molar-refractivity contribution in [2.75, 3.05) is 21.9 Å². The van der Waals surface area contributed by atoms with E-state index in [2.05, 4.69) is 170 Å². The number of hydrogen-bond donors (Lipinski definition) is 0. The van der Waals surface area contributed by atoms with Crippen molar-refractivity contribution in [1.29, 1.82) is 0 Å². The summed E-state index contributed by atoms with van der Waals surface area (Å²) in [4.78, 5) is 4.32. The van der Waals surface area contributed by atoms with E-state index in [0.717, 1.165) is 23.5 Å². The number of anilines is 5. The first-order chi connectivity index (χ1) is 23.1. The van der Waals surface area contributed by atoms with Crippen molar-refractivity contribution >= 4 is 28.4 Å². The molecule has 0 aromatic heterocycles. The molecule has 0 fully saturated rings. The first-order valence-corrected chi connectivity index (χ1v) is 15.9. The Hall–Kier alpha value is -4.93. The molecule has 2 heterocycles. The molecule has 48 heavy (non-hydrogen) atoms. The molecule has 1 atom stereocenters. The van der Waals surface area contributed by atoms with Gasteiger partial charge in [0, 0.05) is 37.2 Å². The average molecular weight is 801 g/mol. The molecule has 0 aliphatic carbocycles. The summed E-state index contributed by atoms with van der Waals surface area (Å²) < 4.78 is 0. The van der Waals surface area contributed by atoms with Gasteiger partial charge in [0.1, 0.15) is 0 Å². The van der Waals surface area contributed by atoms with Crippen LogP contribution in [0.4, 0.5) is 28.4 Å². The molecule has 5 heteroatoms. The van der Waals surface area contributed by atoms with Crippen molar-refractivity contribution in [3.8, 4) is 22.3 Å². The predicted octanol–water partition coefficient (Wildman–Crippen LogP) is 11.2. The smallest absolute Gasteiger partial charge is 0.0326 e. The van der Waals surface area contributed by atoms with Crippen LogP contribution in [0.2, 0.25) is 0 Å². The molecule has 0 N–H and O–H groups in total.